The van der Waals surface area contributed by atoms with Crippen molar-refractivity contribution in [1.82, 2.24) is 5.32 Å². The highest BCUT2D eigenvalue weighted by atomic mass is 19.1. The first-order valence-corrected chi connectivity index (χ1v) is 7.10. The van der Waals surface area contributed by atoms with Crippen LogP contribution in [0.2, 0.25) is 0 Å². The molecule has 122 valence electrons. The lowest BCUT2D eigenvalue weighted by molar-refractivity contribution is -0.123. The van der Waals surface area contributed by atoms with E-state index in [9.17, 15) is 9.18 Å². The average Bonchev–Trinajstić information content (AvgIpc) is 2.59. The maximum atomic E-state index is 13.3. The van der Waals surface area contributed by atoms with E-state index in [4.69, 9.17) is 14.2 Å². The summed E-state index contributed by atoms with van der Waals surface area (Å²) >= 11 is 0. The van der Waals surface area contributed by atoms with Gasteiger partial charge < -0.3 is 19.5 Å². The zero-order chi connectivity index (χ0) is 16.5. The first-order chi connectivity index (χ1) is 11.2. The maximum Gasteiger partial charge on any atom is 0.258 e. The van der Waals surface area contributed by atoms with Crippen LogP contribution < -0.4 is 19.5 Å². The van der Waals surface area contributed by atoms with Crippen LogP contribution in [0.1, 0.15) is 0 Å². The number of amides is 1. The SMILES string of the molecule is COc1ccc(OCC(=O)NCCOc2ccccc2F)cc1. The summed E-state index contributed by atoms with van der Waals surface area (Å²) in [6, 6.07) is 13.0. The number of para-hydroxylation sites is 1. The Morgan fingerprint density at radius 2 is 1.74 bits per heavy atom. The van der Waals surface area contributed by atoms with Gasteiger partial charge in [-0.1, -0.05) is 12.1 Å². The second kappa shape index (κ2) is 8.63. The van der Waals surface area contributed by atoms with Crippen LogP contribution in [0.4, 0.5) is 4.39 Å². The van der Waals surface area contributed by atoms with Crippen molar-refractivity contribution in [2.24, 2.45) is 0 Å². The Hall–Kier alpha value is -2.76. The van der Waals surface area contributed by atoms with Crippen LogP contribution in [0.5, 0.6) is 17.2 Å². The van der Waals surface area contributed by atoms with Gasteiger partial charge in [-0.05, 0) is 36.4 Å². The Bertz CT molecular complexity index is 631. The van der Waals surface area contributed by atoms with Crippen LogP contribution >= 0.6 is 0 Å². The van der Waals surface area contributed by atoms with Gasteiger partial charge in [-0.2, -0.15) is 0 Å². The van der Waals surface area contributed by atoms with Crippen molar-refractivity contribution >= 4 is 5.91 Å². The van der Waals surface area contributed by atoms with Gasteiger partial charge in [-0.3, -0.25) is 4.79 Å². The van der Waals surface area contributed by atoms with Crippen molar-refractivity contribution in [3.63, 3.8) is 0 Å². The third-order valence-electron chi connectivity index (χ3n) is 2.95. The molecule has 6 heteroatoms. The summed E-state index contributed by atoms with van der Waals surface area (Å²) in [6.45, 7) is 0.334. The summed E-state index contributed by atoms with van der Waals surface area (Å²) in [5.41, 5.74) is 0. The maximum absolute atomic E-state index is 13.3. The summed E-state index contributed by atoms with van der Waals surface area (Å²) in [5.74, 6) is 0.742. The molecule has 0 fully saturated rings. The predicted molar refractivity (Wildman–Crippen MR) is 83.4 cm³/mol. The van der Waals surface area contributed by atoms with E-state index in [-0.39, 0.29) is 31.4 Å². The van der Waals surface area contributed by atoms with Crippen LogP contribution in [0, 0.1) is 5.82 Å². The number of carbonyl (C=O) groups excluding carboxylic acids is 1. The molecule has 0 aliphatic carbocycles. The molecule has 0 heterocycles. The fraction of sp³-hybridized carbons (Fsp3) is 0.235. The lowest BCUT2D eigenvalue weighted by Crippen LogP contribution is -2.32. The summed E-state index contributed by atoms with van der Waals surface area (Å²) < 4.78 is 28.9. The van der Waals surface area contributed by atoms with Crippen molar-refractivity contribution in [1.29, 1.82) is 0 Å². The summed E-state index contributed by atoms with van der Waals surface area (Å²) in [6.07, 6.45) is 0. The van der Waals surface area contributed by atoms with E-state index in [1.807, 2.05) is 0 Å². The number of methoxy groups -OCH3 is 1. The van der Waals surface area contributed by atoms with E-state index in [0.29, 0.717) is 11.5 Å². The Balaban J connectivity index is 1.64. The first kappa shape index (κ1) is 16.6. The quantitative estimate of drug-likeness (QED) is 0.759. The van der Waals surface area contributed by atoms with E-state index in [1.165, 1.54) is 12.1 Å². The molecule has 0 spiro atoms. The number of carbonyl (C=O) groups is 1. The smallest absolute Gasteiger partial charge is 0.258 e. The molecule has 0 aromatic heterocycles. The number of benzene rings is 2. The van der Waals surface area contributed by atoms with Crippen molar-refractivity contribution < 1.29 is 23.4 Å². The summed E-state index contributed by atoms with van der Waals surface area (Å²) in [4.78, 5) is 11.6. The molecular formula is C17H18FNO4. The fourth-order valence-corrected chi connectivity index (χ4v) is 1.79. The summed E-state index contributed by atoms with van der Waals surface area (Å²) in [5, 5.41) is 2.63. The molecule has 0 atom stereocenters. The van der Waals surface area contributed by atoms with Crippen molar-refractivity contribution in [2.45, 2.75) is 0 Å². The first-order valence-electron chi connectivity index (χ1n) is 7.10. The van der Waals surface area contributed by atoms with Gasteiger partial charge in [0.2, 0.25) is 0 Å². The lowest BCUT2D eigenvalue weighted by atomic mass is 10.3. The molecule has 0 radical (unpaired) electrons. The monoisotopic (exact) mass is 319 g/mol. The van der Waals surface area contributed by atoms with E-state index < -0.39 is 5.82 Å². The van der Waals surface area contributed by atoms with Crippen LogP contribution in [0.25, 0.3) is 0 Å². The van der Waals surface area contributed by atoms with Gasteiger partial charge in [-0.15, -0.1) is 0 Å². The van der Waals surface area contributed by atoms with Crippen molar-refractivity contribution in [2.75, 3.05) is 26.9 Å². The number of rotatable bonds is 8. The van der Waals surface area contributed by atoms with Gasteiger partial charge >= 0.3 is 0 Å². The van der Waals surface area contributed by atoms with Crippen molar-refractivity contribution in [3.8, 4) is 17.2 Å². The van der Waals surface area contributed by atoms with E-state index in [0.717, 1.165) is 0 Å². The molecule has 2 aromatic rings. The van der Waals surface area contributed by atoms with Gasteiger partial charge in [-0.25, -0.2) is 4.39 Å². The number of hydrogen-bond acceptors (Lipinski definition) is 4. The number of nitrogens with one attached hydrogen (secondary N) is 1. The largest absolute Gasteiger partial charge is 0.497 e. The van der Waals surface area contributed by atoms with E-state index in [1.54, 1.807) is 43.5 Å². The average molecular weight is 319 g/mol. The molecule has 0 unspecified atom stereocenters. The Kier molecular flexibility index (Phi) is 6.23. The molecule has 23 heavy (non-hydrogen) atoms. The minimum absolute atomic E-state index is 0.105. The van der Waals surface area contributed by atoms with Gasteiger partial charge in [0.05, 0.1) is 13.7 Å². The van der Waals surface area contributed by atoms with Crippen LogP contribution in [-0.2, 0) is 4.79 Å². The zero-order valence-electron chi connectivity index (χ0n) is 12.8. The van der Waals surface area contributed by atoms with Crippen LogP contribution in [0.15, 0.2) is 48.5 Å². The molecule has 0 aliphatic heterocycles. The standard InChI is InChI=1S/C17H18FNO4/c1-21-13-6-8-14(9-7-13)23-12-17(20)19-10-11-22-16-5-3-2-4-15(16)18/h2-9H,10-12H2,1H3,(H,19,20). The predicted octanol–water partition coefficient (Wildman–Crippen LogP) is 2.41. The summed E-state index contributed by atoms with van der Waals surface area (Å²) in [7, 11) is 1.58. The Labute approximate surface area is 134 Å². The second-order valence-corrected chi connectivity index (χ2v) is 4.59. The van der Waals surface area contributed by atoms with Gasteiger partial charge in [0.1, 0.15) is 18.1 Å². The van der Waals surface area contributed by atoms with E-state index >= 15 is 0 Å². The Morgan fingerprint density at radius 1 is 1.04 bits per heavy atom. The molecule has 0 bridgehead atoms. The molecule has 5 nitrogen and oxygen atoms in total. The number of hydrogen-bond donors (Lipinski definition) is 1. The molecule has 0 aliphatic rings. The third-order valence-corrected chi connectivity index (χ3v) is 2.95. The van der Waals surface area contributed by atoms with Crippen LogP contribution in [0.3, 0.4) is 0 Å². The Morgan fingerprint density at radius 3 is 2.43 bits per heavy atom. The molecule has 0 saturated carbocycles. The topological polar surface area (TPSA) is 56.8 Å². The molecule has 1 N–H and O–H groups in total. The highest BCUT2D eigenvalue weighted by Gasteiger charge is 2.04. The van der Waals surface area contributed by atoms with Gasteiger partial charge in [0.15, 0.2) is 18.2 Å². The number of ether oxygens (including phenoxy) is 3. The normalized spacial score (nSPS) is 10.0. The van der Waals surface area contributed by atoms with Gasteiger partial charge in [0, 0.05) is 0 Å². The van der Waals surface area contributed by atoms with Crippen molar-refractivity contribution in [3.05, 3.63) is 54.3 Å². The van der Waals surface area contributed by atoms with E-state index in [2.05, 4.69) is 5.32 Å². The van der Waals surface area contributed by atoms with Crippen LogP contribution in [-0.4, -0.2) is 32.8 Å². The lowest BCUT2D eigenvalue weighted by Gasteiger charge is -2.09. The fourth-order valence-electron chi connectivity index (χ4n) is 1.79. The molecule has 2 rings (SSSR count). The highest BCUT2D eigenvalue weighted by Crippen LogP contribution is 2.17. The zero-order valence-corrected chi connectivity index (χ0v) is 12.8. The minimum atomic E-state index is -0.429. The highest BCUT2D eigenvalue weighted by molar-refractivity contribution is 5.77. The minimum Gasteiger partial charge on any atom is -0.497 e. The molecule has 1 amide bonds. The number of halogens is 1. The molecular weight excluding hydrogens is 301 g/mol. The molecule has 2 aromatic carbocycles. The van der Waals surface area contributed by atoms with Gasteiger partial charge in [0.25, 0.3) is 5.91 Å². The molecule has 0 saturated heterocycles. The third kappa shape index (κ3) is 5.50. The second-order valence-electron chi connectivity index (χ2n) is 4.59.